The molecule has 2 aliphatic heterocycles. The summed E-state index contributed by atoms with van der Waals surface area (Å²) in [5.41, 5.74) is 0. The van der Waals surface area contributed by atoms with Crippen molar-refractivity contribution in [1.82, 2.24) is 5.32 Å². The van der Waals surface area contributed by atoms with Crippen LogP contribution >= 0.6 is 0 Å². The molecule has 2 rings (SSSR count). The SMILES string of the molecule is C1CCC(NC2CCCOC2)=NC1. The molecule has 0 radical (unpaired) electrons. The number of nitrogens with one attached hydrogen (secondary N) is 1. The van der Waals surface area contributed by atoms with E-state index in [0.29, 0.717) is 6.04 Å². The van der Waals surface area contributed by atoms with Crippen LogP contribution < -0.4 is 5.32 Å². The molecule has 2 heterocycles. The fourth-order valence-electron chi connectivity index (χ4n) is 1.91. The Hall–Kier alpha value is -0.570. The van der Waals surface area contributed by atoms with Crippen molar-refractivity contribution in [2.45, 2.75) is 38.1 Å². The zero-order valence-electron chi connectivity index (χ0n) is 8.09. The lowest BCUT2D eigenvalue weighted by Gasteiger charge is -2.25. The molecule has 74 valence electrons. The van der Waals surface area contributed by atoms with Crippen molar-refractivity contribution in [3.8, 4) is 0 Å². The normalized spacial score (nSPS) is 29.5. The van der Waals surface area contributed by atoms with Gasteiger partial charge in [0.25, 0.3) is 0 Å². The number of amidine groups is 1. The highest BCUT2D eigenvalue weighted by molar-refractivity contribution is 5.82. The molecule has 2 aliphatic rings. The molecule has 1 saturated heterocycles. The summed E-state index contributed by atoms with van der Waals surface area (Å²) in [6.45, 7) is 2.81. The number of hydrogen-bond donors (Lipinski definition) is 1. The Morgan fingerprint density at radius 1 is 1.31 bits per heavy atom. The molecule has 0 aromatic carbocycles. The molecule has 0 aromatic rings. The molecule has 0 aromatic heterocycles. The maximum Gasteiger partial charge on any atom is 0.0965 e. The fraction of sp³-hybridized carbons (Fsp3) is 0.900. The standard InChI is InChI=1S/C10H18N2O/c1-2-6-11-10(5-1)12-9-4-3-7-13-8-9/h9H,1-8H2,(H,11,12). The summed E-state index contributed by atoms with van der Waals surface area (Å²) in [5.74, 6) is 1.21. The lowest BCUT2D eigenvalue weighted by Crippen LogP contribution is -2.41. The summed E-state index contributed by atoms with van der Waals surface area (Å²) in [6.07, 6.45) is 6.10. The van der Waals surface area contributed by atoms with E-state index in [9.17, 15) is 0 Å². The highest BCUT2D eigenvalue weighted by Crippen LogP contribution is 2.09. The van der Waals surface area contributed by atoms with E-state index in [1.807, 2.05) is 0 Å². The molecular formula is C10H18N2O. The Bertz CT molecular complexity index is 185. The van der Waals surface area contributed by atoms with E-state index in [1.54, 1.807) is 0 Å². The van der Waals surface area contributed by atoms with Gasteiger partial charge in [-0.05, 0) is 25.7 Å². The number of nitrogens with zero attached hydrogens (tertiary/aromatic N) is 1. The summed E-state index contributed by atoms with van der Waals surface area (Å²) < 4.78 is 5.41. The van der Waals surface area contributed by atoms with Gasteiger partial charge >= 0.3 is 0 Å². The summed E-state index contributed by atoms with van der Waals surface area (Å²) in [7, 11) is 0. The number of hydrogen-bond acceptors (Lipinski definition) is 3. The predicted octanol–water partition coefficient (Wildman–Crippen LogP) is 1.34. The third kappa shape index (κ3) is 2.69. The molecule has 0 amide bonds. The number of aliphatic imine (C=N–C) groups is 1. The third-order valence-electron chi connectivity index (χ3n) is 2.66. The Morgan fingerprint density at radius 2 is 2.31 bits per heavy atom. The molecule has 0 saturated carbocycles. The Balaban J connectivity index is 1.78. The van der Waals surface area contributed by atoms with Crippen LogP contribution in [0, 0.1) is 0 Å². The predicted molar refractivity (Wildman–Crippen MR) is 53.1 cm³/mol. The molecule has 0 aliphatic carbocycles. The van der Waals surface area contributed by atoms with Crippen molar-refractivity contribution in [3.05, 3.63) is 0 Å². The van der Waals surface area contributed by atoms with Gasteiger partial charge in [-0.2, -0.15) is 0 Å². The summed E-state index contributed by atoms with van der Waals surface area (Å²) >= 11 is 0. The summed E-state index contributed by atoms with van der Waals surface area (Å²) in [6, 6.07) is 0.519. The van der Waals surface area contributed by atoms with Crippen LogP contribution in [0.4, 0.5) is 0 Å². The van der Waals surface area contributed by atoms with E-state index < -0.39 is 0 Å². The van der Waals surface area contributed by atoms with Gasteiger partial charge in [0.05, 0.1) is 18.5 Å². The van der Waals surface area contributed by atoms with Crippen LogP contribution in [0.15, 0.2) is 4.99 Å². The van der Waals surface area contributed by atoms with Gasteiger partial charge < -0.3 is 10.1 Å². The fourth-order valence-corrected chi connectivity index (χ4v) is 1.91. The van der Waals surface area contributed by atoms with Crippen molar-refractivity contribution in [2.24, 2.45) is 4.99 Å². The molecule has 13 heavy (non-hydrogen) atoms. The van der Waals surface area contributed by atoms with Crippen LogP contribution in [0.5, 0.6) is 0 Å². The Labute approximate surface area is 79.6 Å². The zero-order valence-corrected chi connectivity index (χ0v) is 8.09. The first-order valence-electron chi connectivity index (χ1n) is 5.33. The van der Waals surface area contributed by atoms with Gasteiger partial charge in [-0.25, -0.2) is 0 Å². The second-order valence-corrected chi connectivity index (χ2v) is 3.84. The van der Waals surface area contributed by atoms with E-state index in [4.69, 9.17) is 4.74 Å². The molecule has 1 unspecified atom stereocenters. The highest BCUT2D eigenvalue weighted by Gasteiger charge is 2.15. The van der Waals surface area contributed by atoms with Crippen LogP contribution in [-0.4, -0.2) is 31.6 Å². The first-order valence-corrected chi connectivity index (χ1v) is 5.33. The Kier molecular flexibility index (Phi) is 3.19. The lowest BCUT2D eigenvalue weighted by molar-refractivity contribution is 0.0762. The van der Waals surface area contributed by atoms with Gasteiger partial charge in [0, 0.05) is 19.6 Å². The molecule has 1 fully saturated rings. The second kappa shape index (κ2) is 4.61. The molecule has 3 heteroatoms. The minimum atomic E-state index is 0.519. The average Bonchev–Trinajstić information content (AvgIpc) is 2.21. The van der Waals surface area contributed by atoms with Crippen molar-refractivity contribution in [1.29, 1.82) is 0 Å². The van der Waals surface area contributed by atoms with Crippen molar-refractivity contribution >= 4 is 5.84 Å². The van der Waals surface area contributed by atoms with Crippen LogP contribution in [0.2, 0.25) is 0 Å². The first kappa shape index (κ1) is 9.00. The summed E-state index contributed by atoms with van der Waals surface area (Å²) in [5, 5.41) is 3.48. The largest absolute Gasteiger partial charge is 0.379 e. The quantitative estimate of drug-likeness (QED) is 0.664. The lowest BCUT2D eigenvalue weighted by atomic mass is 10.1. The van der Waals surface area contributed by atoms with Crippen molar-refractivity contribution in [2.75, 3.05) is 19.8 Å². The van der Waals surface area contributed by atoms with E-state index in [-0.39, 0.29) is 0 Å². The van der Waals surface area contributed by atoms with Gasteiger partial charge in [0.15, 0.2) is 0 Å². The molecular weight excluding hydrogens is 164 g/mol. The van der Waals surface area contributed by atoms with Gasteiger partial charge in [-0.15, -0.1) is 0 Å². The number of ether oxygens (including phenoxy) is 1. The van der Waals surface area contributed by atoms with E-state index in [1.165, 1.54) is 31.5 Å². The van der Waals surface area contributed by atoms with Crippen LogP contribution in [0.25, 0.3) is 0 Å². The van der Waals surface area contributed by atoms with Gasteiger partial charge in [0.2, 0.25) is 0 Å². The van der Waals surface area contributed by atoms with Crippen molar-refractivity contribution in [3.63, 3.8) is 0 Å². The minimum Gasteiger partial charge on any atom is -0.379 e. The monoisotopic (exact) mass is 182 g/mol. The molecule has 0 bridgehead atoms. The topological polar surface area (TPSA) is 33.6 Å². The molecule has 1 N–H and O–H groups in total. The van der Waals surface area contributed by atoms with Crippen LogP contribution in [0.3, 0.4) is 0 Å². The van der Waals surface area contributed by atoms with Crippen LogP contribution in [-0.2, 0) is 4.74 Å². The van der Waals surface area contributed by atoms with Gasteiger partial charge in [-0.1, -0.05) is 0 Å². The first-order chi connectivity index (χ1) is 6.45. The van der Waals surface area contributed by atoms with E-state index >= 15 is 0 Å². The maximum atomic E-state index is 5.41. The number of rotatable bonds is 1. The zero-order chi connectivity index (χ0) is 8.93. The van der Waals surface area contributed by atoms with E-state index in [0.717, 1.165) is 26.2 Å². The third-order valence-corrected chi connectivity index (χ3v) is 2.66. The van der Waals surface area contributed by atoms with Gasteiger partial charge in [0.1, 0.15) is 0 Å². The smallest absolute Gasteiger partial charge is 0.0965 e. The maximum absolute atomic E-state index is 5.41. The Morgan fingerprint density at radius 3 is 3.00 bits per heavy atom. The highest BCUT2D eigenvalue weighted by atomic mass is 16.5. The van der Waals surface area contributed by atoms with Crippen LogP contribution in [0.1, 0.15) is 32.1 Å². The summed E-state index contributed by atoms with van der Waals surface area (Å²) in [4.78, 5) is 4.47. The second-order valence-electron chi connectivity index (χ2n) is 3.84. The van der Waals surface area contributed by atoms with Crippen molar-refractivity contribution < 1.29 is 4.74 Å². The van der Waals surface area contributed by atoms with Gasteiger partial charge in [-0.3, -0.25) is 4.99 Å². The molecule has 3 nitrogen and oxygen atoms in total. The molecule has 0 spiro atoms. The average molecular weight is 182 g/mol. The minimum absolute atomic E-state index is 0.519. The van der Waals surface area contributed by atoms with E-state index in [2.05, 4.69) is 10.3 Å². The molecule has 1 atom stereocenters.